The van der Waals surface area contributed by atoms with E-state index in [0.29, 0.717) is 5.56 Å². The quantitative estimate of drug-likeness (QED) is 0.535. The summed E-state index contributed by atoms with van der Waals surface area (Å²) in [5.41, 5.74) is 2.57. The highest BCUT2D eigenvalue weighted by Gasteiger charge is 2.22. The van der Waals surface area contributed by atoms with Crippen molar-refractivity contribution in [2.45, 2.75) is 29.5 Å². The highest BCUT2D eigenvalue weighted by atomic mass is 32.2. The molecule has 0 atom stereocenters. The molecule has 4 rings (SSSR count). The fraction of sp³-hybridized carbons (Fsp3) is 0.250. The number of hydrogen-bond acceptors (Lipinski definition) is 5. The zero-order valence-corrected chi connectivity index (χ0v) is 18.2. The Morgan fingerprint density at radius 2 is 1.87 bits per heavy atom. The summed E-state index contributed by atoms with van der Waals surface area (Å²) in [7, 11) is 0. The van der Waals surface area contributed by atoms with Gasteiger partial charge in [0.1, 0.15) is 0 Å². The number of amides is 1. The monoisotopic (exact) mass is 433 g/mol. The van der Waals surface area contributed by atoms with Crippen molar-refractivity contribution in [2.75, 3.05) is 18.0 Å². The van der Waals surface area contributed by atoms with Gasteiger partial charge in [0.15, 0.2) is 0 Å². The maximum Gasteiger partial charge on any atom is 0.252 e. The van der Waals surface area contributed by atoms with Crippen LogP contribution in [0.4, 0.5) is 5.69 Å². The van der Waals surface area contributed by atoms with E-state index in [-0.39, 0.29) is 11.9 Å². The van der Waals surface area contributed by atoms with Gasteiger partial charge in [-0.3, -0.25) is 4.79 Å². The molecule has 1 aromatic heterocycles. The maximum atomic E-state index is 13.0. The largest absolute Gasteiger partial charge is 0.371 e. The van der Waals surface area contributed by atoms with Crippen molar-refractivity contribution in [2.24, 2.45) is 0 Å². The predicted octanol–water partition coefficient (Wildman–Crippen LogP) is 5.31. The average molecular weight is 434 g/mol. The minimum Gasteiger partial charge on any atom is -0.371 e. The van der Waals surface area contributed by atoms with Crippen molar-refractivity contribution in [1.82, 2.24) is 5.32 Å². The summed E-state index contributed by atoms with van der Waals surface area (Å²) >= 11 is 3.46. The molecule has 0 aliphatic carbocycles. The van der Waals surface area contributed by atoms with Crippen LogP contribution >= 0.6 is 23.1 Å². The van der Waals surface area contributed by atoms with E-state index in [9.17, 15) is 4.79 Å². The van der Waals surface area contributed by atoms with E-state index in [1.807, 2.05) is 48.5 Å². The van der Waals surface area contributed by atoms with Gasteiger partial charge < -0.3 is 10.2 Å². The first-order valence-electron chi connectivity index (χ1n) is 10.0. The lowest BCUT2D eigenvalue weighted by atomic mass is 10.0. The Labute approximate surface area is 185 Å². The average Bonchev–Trinajstić information content (AvgIpc) is 3.32. The third kappa shape index (κ3) is 5.05. The molecule has 1 amide bonds. The van der Waals surface area contributed by atoms with Crippen LogP contribution in [0.3, 0.4) is 0 Å². The minimum absolute atomic E-state index is 0.0149. The molecule has 1 fully saturated rings. The Balaban J connectivity index is 1.33. The molecule has 4 nitrogen and oxygen atoms in total. The van der Waals surface area contributed by atoms with E-state index < -0.39 is 0 Å². The van der Waals surface area contributed by atoms with Gasteiger partial charge in [0, 0.05) is 40.3 Å². The zero-order chi connectivity index (χ0) is 20.8. The van der Waals surface area contributed by atoms with Gasteiger partial charge in [-0.25, -0.2) is 0 Å². The Kier molecular flexibility index (Phi) is 6.73. The molecule has 0 radical (unpaired) electrons. The molecule has 6 heteroatoms. The van der Waals surface area contributed by atoms with Crippen LogP contribution in [0.15, 0.2) is 70.9 Å². The van der Waals surface area contributed by atoms with Gasteiger partial charge in [-0.15, -0.1) is 23.1 Å². The summed E-state index contributed by atoms with van der Waals surface area (Å²) in [6.45, 7) is 1.79. The van der Waals surface area contributed by atoms with Crippen molar-refractivity contribution in [3.63, 3.8) is 0 Å². The molecule has 1 aliphatic heterocycles. The molecule has 2 aromatic carbocycles. The van der Waals surface area contributed by atoms with Crippen LogP contribution in [0.5, 0.6) is 0 Å². The van der Waals surface area contributed by atoms with Crippen molar-refractivity contribution in [1.29, 1.82) is 5.26 Å². The number of thioether (sulfide) groups is 1. The second-order valence-electron chi connectivity index (χ2n) is 7.26. The molecule has 1 N–H and O–H groups in total. The first-order valence-corrected chi connectivity index (χ1v) is 11.9. The van der Waals surface area contributed by atoms with Crippen LogP contribution in [0.25, 0.3) is 0 Å². The van der Waals surface area contributed by atoms with Crippen LogP contribution in [0.1, 0.15) is 33.6 Å². The standard InChI is InChI=1S/C24H23N3OS2/c25-16-18-7-9-20(10-8-18)27-13-11-19(12-14-27)26-24(28)22-5-1-2-6-23(22)30-17-21-4-3-15-29-21/h1-10,15,19H,11-14,17H2,(H,26,28). The Morgan fingerprint density at radius 3 is 2.57 bits per heavy atom. The second-order valence-corrected chi connectivity index (χ2v) is 9.31. The van der Waals surface area contributed by atoms with Crippen molar-refractivity contribution in [3.05, 3.63) is 82.0 Å². The number of anilines is 1. The smallest absolute Gasteiger partial charge is 0.252 e. The lowest BCUT2D eigenvalue weighted by Gasteiger charge is -2.34. The summed E-state index contributed by atoms with van der Waals surface area (Å²) in [5.74, 6) is 0.895. The lowest BCUT2D eigenvalue weighted by molar-refractivity contribution is 0.0928. The first kappa shape index (κ1) is 20.5. The molecule has 0 saturated carbocycles. The van der Waals surface area contributed by atoms with E-state index in [4.69, 9.17) is 5.26 Å². The molecule has 2 heterocycles. The van der Waals surface area contributed by atoms with Gasteiger partial charge in [-0.05, 0) is 60.7 Å². The maximum absolute atomic E-state index is 13.0. The van der Waals surface area contributed by atoms with Gasteiger partial charge in [-0.2, -0.15) is 5.26 Å². The van der Waals surface area contributed by atoms with Crippen molar-refractivity contribution < 1.29 is 4.79 Å². The molecular weight excluding hydrogens is 410 g/mol. The lowest BCUT2D eigenvalue weighted by Crippen LogP contribution is -2.44. The summed E-state index contributed by atoms with van der Waals surface area (Å²) in [6.07, 6.45) is 1.83. The van der Waals surface area contributed by atoms with Gasteiger partial charge in [0.2, 0.25) is 0 Å². The summed E-state index contributed by atoms with van der Waals surface area (Å²) < 4.78 is 0. The number of piperidine rings is 1. The number of hydrogen-bond donors (Lipinski definition) is 1. The molecule has 1 aliphatic rings. The summed E-state index contributed by atoms with van der Waals surface area (Å²) in [6, 6.07) is 22.1. The molecule has 0 unspecified atom stereocenters. The molecule has 0 bridgehead atoms. The Hall–Kier alpha value is -2.75. The molecule has 0 spiro atoms. The van der Waals surface area contributed by atoms with Crippen LogP contribution in [-0.2, 0) is 5.75 Å². The number of carbonyl (C=O) groups is 1. The summed E-state index contributed by atoms with van der Waals surface area (Å²) in [4.78, 5) is 17.6. The SMILES string of the molecule is N#Cc1ccc(N2CCC(NC(=O)c3ccccc3SCc3cccs3)CC2)cc1. The number of carbonyl (C=O) groups excluding carboxylic acids is 1. The van der Waals surface area contributed by atoms with Gasteiger partial charge in [-0.1, -0.05) is 18.2 Å². The zero-order valence-electron chi connectivity index (χ0n) is 16.6. The molecule has 3 aromatic rings. The number of benzene rings is 2. The summed E-state index contributed by atoms with van der Waals surface area (Å²) in [5, 5.41) is 14.3. The van der Waals surface area contributed by atoms with Crippen molar-refractivity contribution in [3.8, 4) is 6.07 Å². The highest BCUT2D eigenvalue weighted by molar-refractivity contribution is 7.98. The van der Waals surface area contributed by atoms with E-state index in [1.165, 1.54) is 4.88 Å². The number of thiophene rings is 1. The van der Waals surface area contributed by atoms with E-state index in [0.717, 1.165) is 47.8 Å². The van der Waals surface area contributed by atoms with E-state index >= 15 is 0 Å². The fourth-order valence-electron chi connectivity index (χ4n) is 3.62. The van der Waals surface area contributed by atoms with E-state index in [1.54, 1.807) is 23.1 Å². The van der Waals surface area contributed by atoms with Gasteiger partial charge in [0.05, 0.1) is 17.2 Å². The van der Waals surface area contributed by atoms with Crippen LogP contribution in [0.2, 0.25) is 0 Å². The van der Waals surface area contributed by atoms with Gasteiger partial charge >= 0.3 is 0 Å². The second kappa shape index (κ2) is 9.84. The number of nitriles is 1. The number of rotatable bonds is 6. The van der Waals surface area contributed by atoms with Crippen molar-refractivity contribution >= 4 is 34.7 Å². The van der Waals surface area contributed by atoms with E-state index in [2.05, 4.69) is 33.8 Å². The predicted molar refractivity (Wildman–Crippen MR) is 124 cm³/mol. The normalized spacial score (nSPS) is 14.3. The van der Waals surface area contributed by atoms with Crippen LogP contribution in [0, 0.1) is 11.3 Å². The molecular formula is C24H23N3OS2. The third-order valence-electron chi connectivity index (χ3n) is 5.27. The highest BCUT2D eigenvalue weighted by Crippen LogP contribution is 2.28. The van der Waals surface area contributed by atoms with Crippen LogP contribution < -0.4 is 10.2 Å². The molecule has 1 saturated heterocycles. The fourth-order valence-corrected chi connectivity index (χ4v) is 5.44. The number of nitrogens with zero attached hydrogens (tertiary/aromatic N) is 2. The minimum atomic E-state index is 0.0149. The molecule has 152 valence electrons. The Morgan fingerprint density at radius 1 is 1.10 bits per heavy atom. The van der Waals surface area contributed by atoms with Gasteiger partial charge in [0.25, 0.3) is 5.91 Å². The molecule has 30 heavy (non-hydrogen) atoms. The first-order chi connectivity index (χ1) is 14.7. The topological polar surface area (TPSA) is 56.1 Å². The Bertz CT molecular complexity index is 1020. The number of nitrogens with one attached hydrogen (secondary N) is 1. The van der Waals surface area contributed by atoms with Crippen LogP contribution in [-0.4, -0.2) is 25.0 Å². The third-order valence-corrected chi connectivity index (χ3v) is 7.45.